The molecular formula is C16H17Cl2N5O2S. The first-order chi connectivity index (χ1) is 12.6. The fourth-order valence-electron chi connectivity index (χ4n) is 2.44. The Morgan fingerprint density at radius 1 is 1.31 bits per heavy atom. The van der Waals surface area contributed by atoms with Gasteiger partial charge in [-0.3, -0.25) is 9.89 Å². The Morgan fingerprint density at radius 3 is 2.92 bits per heavy atom. The van der Waals surface area contributed by atoms with Crippen molar-refractivity contribution in [3.63, 3.8) is 0 Å². The molecule has 1 atom stereocenters. The second kappa shape index (κ2) is 8.88. The van der Waals surface area contributed by atoms with Crippen LogP contribution in [0.4, 0.5) is 0 Å². The van der Waals surface area contributed by atoms with E-state index < -0.39 is 0 Å². The number of benzene rings is 1. The van der Waals surface area contributed by atoms with Crippen LogP contribution in [0, 0.1) is 0 Å². The number of halogens is 2. The van der Waals surface area contributed by atoms with Crippen molar-refractivity contribution in [2.45, 2.75) is 18.3 Å². The van der Waals surface area contributed by atoms with Crippen LogP contribution in [0.2, 0.25) is 10.0 Å². The molecular weight excluding hydrogens is 397 g/mol. The number of rotatable bonds is 8. The van der Waals surface area contributed by atoms with Gasteiger partial charge in [0, 0.05) is 24.9 Å². The van der Waals surface area contributed by atoms with Crippen LogP contribution in [0.3, 0.4) is 0 Å². The average Bonchev–Trinajstić information content (AvgIpc) is 3.09. The zero-order valence-corrected chi connectivity index (χ0v) is 16.0. The molecule has 0 aliphatic heterocycles. The first kappa shape index (κ1) is 19.2. The topological polar surface area (TPSA) is 107 Å². The van der Waals surface area contributed by atoms with E-state index in [2.05, 4.69) is 25.5 Å². The number of hydrogen-bond acceptors (Lipinski definition) is 6. The van der Waals surface area contributed by atoms with Crippen LogP contribution in [0.15, 0.2) is 29.2 Å². The second-order valence-electron chi connectivity index (χ2n) is 5.55. The van der Waals surface area contributed by atoms with Gasteiger partial charge in [0.25, 0.3) is 5.56 Å². The monoisotopic (exact) mass is 413 g/mol. The fraction of sp³-hybridized carbons (Fsp3) is 0.312. The van der Waals surface area contributed by atoms with E-state index in [9.17, 15) is 4.79 Å². The largest absolute Gasteiger partial charge is 0.396 e. The normalized spacial score (nSPS) is 12.6. The highest BCUT2D eigenvalue weighted by atomic mass is 35.5. The van der Waals surface area contributed by atoms with Gasteiger partial charge >= 0.3 is 0 Å². The molecule has 138 valence electrons. The molecule has 0 aliphatic carbocycles. The summed E-state index contributed by atoms with van der Waals surface area (Å²) in [4.78, 5) is 19.2. The summed E-state index contributed by atoms with van der Waals surface area (Å²) in [5.74, 6) is 1.12. The van der Waals surface area contributed by atoms with E-state index >= 15 is 0 Å². The van der Waals surface area contributed by atoms with Crippen LogP contribution < -0.4 is 10.9 Å². The Kier molecular flexibility index (Phi) is 6.55. The lowest BCUT2D eigenvalue weighted by molar-refractivity contribution is 0.322. The summed E-state index contributed by atoms with van der Waals surface area (Å²) in [6.45, 7) is 0.637. The molecule has 0 radical (unpaired) electrons. The Labute approximate surface area is 163 Å². The Morgan fingerprint density at radius 2 is 2.15 bits per heavy atom. The number of fused-ring (bicyclic) bond motifs is 1. The number of nitrogens with one attached hydrogen (secondary N) is 3. The van der Waals surface area contributed by atoms with Crippen molar-refractivity contribution in [2.75, 3.05) is 12.4 Å². The molecule has 26 heavy (non-hydrogen) atoms. The van der Waals surface area contributed by atoms with Crippen LogP contribution in [0.1, 0.15) is 11.4 Å². The first-order valence-corrected chi connectivity index (χ1v) is 9.69. The van der Waals surface area contributed by atoms with E-state index in [1.807, 2.05) is 12.1 Å². The quantitative estimate of drug-likeness (QED) is 0.422. The molecule has 3 aromatic rings. The number of aliphatic hydroxyl groups excluding tert-OH is 1. The number of nitrogens with zero attached hydrogens (tertiary/aromatic N) is 2. The summed E-state index contributed by atoms with van der Waals surface area (Å²) in [7, 11) is 0. The zero-order chi connectivity index (χ0) is 18.5. The summed E-state index contributed by atoms with van der Waals surface area (Å²) in [5.41, 5.74) is 1.53. The predicted octanol–water partition coefficient (Wildman–Crippen LogP) is 2.34. The van der Waals surface area contributed by atoms with Gasteiger partial charge in [-0.1, -0.05) is 29.3 Å². The molecule has 0 amide bonds. The zero-order valence-electron chi connectivity index (χ0n) is 13.6. The van der Waals surface area contributed by atoms with E-state index in [4.69, 9.17) is 28.3 Å². The number of aromatic nitrogens is 4. The van der Waals surface area contributed by atoms with Crippen molar-refractivity contribution in [3.05, 3.63) is 56.2 Å². The Bertz CT molecular complexity index is 946. The van der Waals surface area contributed by atoms with Crippen LogP contribution >= 0.6 is 35.0 Å². The van der Waals surface area contributed by atoms with E-state index in [-0.39, 0.29) is 23.1 Å². The molecule has 4 N–H and O–H groups in total. The number of thioether (sulfide) groups is 1. The minimum absolute atomic E-state index is 0.0518. The number of aliphatic hydroxyl groups is 1. The number of H-pyrrole nitrogens is 2. The highest BCUT2D eigenvalue weighted by Crippen LogP contribution is 2.23. The van der Waals surface area contributed by atoms with Crippen molar-refractivity contribution in [2.24, 2.45) is 0 Å². The minimum atomic E-state index is -0.276. The second-order valence-corrected chi connectivity index (χ2v) is 7.67. The SMILES string of the molecule is O=c1[nH]c(C[C@@H](NCc2ccc(Cl)c(Cl)c2)SCCO)nc2c[nH]nc12. The lowest BCUT2D eigenvalue weighted by atomic mass is 10.2. The predicted molar refractivity (Wildman–Crippen MR) is 105 cm³/mol. The maximum absolute atomic E-state index is 12.0. The Balaban J connectivity index is 1.71. The smallest absolute Gasteiger partial charge is 0.279 e. The van der Waals surface area contributed by atoms with Crippen molar-refractivity contribution >= 4 is 46.0 Å². The lowest BCUT2D eigenvalue weighted by Gasteiger charge is -2.18. The lowest BCUT2D eigenvalue weighted by Crippen LogP contribution is -2.30. The molecule has 3 rings (SSSR count). The molecule has 0 aliphatic rings. The maximum Gasteiger partial charge on any atom is 0.279 e. The van der Waals surface area contributed by atoms with Crippen molar-refractivity contribution < 1.29 is 5.11 Å². The molecule has 0 saturated heterocycles. The van der Waals surface area contributed by atoms with Gasteiger partial charge in [0.1, 0.15) is 11.3 Å². The van der Waals surface area contributed by atoms with Crippen LogP contribution in [0.25, 0.3) is 11.0 Å². The Hall–Kier alpha value is -1.58. The minimum Gasteiger partial charge on any atom is -0.396 e. The van der Waals surface area contributed by atoms with E-state index in [0.717, 1.165) is 5.56 Å². The third kappa shape index (κ3) is 4.77. The highest BCUT2D eigenvalue weighted by molar-refractivity contribution is 7.99. The van der Waals surface area contributed by atoms with Crippen molar-refractivity contribution in [1.29, 1.82) is 0 Å². The molecule has 0 unspecified atom stereocenters. The summed E-state index contributed by atoms with van der Waals surface area (Å²) >= 11 is 13.5. The van der Waals surface area contributed by atoms with E-state index in [1.54, 1.807) is 24.0 Å². The van der Waals surface area contributed by atoms with Gasteiger partial charge in [-0.2, -0.15) is 5.10 Å². The van der Waals surface area contributed by atoms with Gasteiger partial charge in [0.2, 0.25) is 0 Å². The first-order valence-electron chi connectivity index (χ1n) is 7.89. The molecule has 2 aromatic heterocycles. The van der Waals surface area contributed by atoms with Crippen LogP contribution in [-0.2, 0) is 13.0 Å². The molecule has 0 spiro atoms. The maximum atomic E-state index is 12.0. The van der Waals surface area contributed by atoms with Gasteiger partial charge in [-0.25, -0.2) is 4.98 Å². The molecule has 2 heterocycles. The standard InChI is InChI=1S/C16H17Cl2N5O2S/c17-10-2-1-9(5-11(10)18)7-19-14(26-4-3-24)6-13-21-12-8-20-23-15(12)16(25)22-13/h1-2,5,8,14,19,24H,3-4,6-7H2,(H,20,23)(H,21,22,25)/t14-/m0/s1. The van der Waals surface area contributed by atoms with Crippen LogP contribution in [0.5, 0.6) is 0 Å². The third-order valence-electron chi connectivity index (χ3n) is 3.66. The molecule has 1 aromatic carbocycles. The highest BCUT2D eigenvalue weighted by Gasteiger charge is 2.14. The molecule has 10 heteroatoms. The average molecular weight is 414 g/mol. The molecule has 0 fully saturated rings. The van der Waals surface area contributed by atoms with Gasteiger partial charge in [0.15, 0.2) is 5.52 Å². The summed E-state index contributed by atoms with van der Waals surface area (Å²) in [5, 5.41) is 20.0. The van der Waals surface area contributed by atoms with Gasteiger partial charge in [-0.05, 0) is 17.7 Å². The summed E-state index contributed by atoms with van der Waals surface area (Å²) in [6, 6.07) is 5.46. The van der Waals surface area contributed by atoms with Crippen molar-refractivity contribution in [3.8, 4) is 0 Å². The summed E-state index contributed by atoms with van der Waals surface area (Å²) in [6.07, 6.45) is 2.08. The van der Waals surface area contributed by atoms with E-state index in [0.29, 0.717) is 40.1 Å². The van der Waals surface area contributed by atoms with Gasteiger partial charge in [-0.15, -0.1) is 11.8 Å². The van der Waals surface area contributed by atoms with Gasteiger partial charge < -0.3 is 15.4 Å². The summed E-state index contributed by atoms with van der Waals surface area (Å²) < 4.78 is 0. The van der Waals surface area contributed by atoms with Gasteiger partial charge in [0.05, 0.1) is 22.0 Å². The molecule has 0 saturated carbocycles. The fourth-order valence-corrected chi connectivity index (χ4v) is 3.63. The molecule has 0 bridgehead atoms. The van der Waals surface area contributed by atoms with E-state index in [1.165, 1.54) is 0 Å². The number of hydrogen-bond donors (Lipinski definition) is 4. The third-order valence-corrected chi connectivity index (χ3v) is 5.55. The van der Waals surface area contributed by atoms with Crippen molar-refractivity contribution in [1.82, 2.24) is 25.5 Å². The molecule has 7 nitrogen and oxygen atoms in total. The number of aromatic amines is 2. The van der Waals surface area contributed by atoms with Crippen LogP contribution in [-0.4, -0.2) is 43.0 Å².